The first-order valence-corrected chi connectivity index (χ1v) is 9.22. The predicted molar refractivity (Wildman–Crippen MR) is 105 cm³/mol. The van der Waals surface area contributed by atoms with E-state index in [4.69, 9.17) is 0 Å². The van der Waals surface area contributed by atoms with Gasteiger partial charge in [-0.3, -0.25) is 9.59 Å². The summed E-state index contributed by atoms with van der Waals surface area (Å²) in [5.41, 5.74) is 4.30. The fourth-order valence-corrected chi connectivity index (χ4v) is 3.18. The maximum Gasteiger partial charge on any atom is 0.255 e. The average molecular weight is 350 g/mol. The van der Waals surface area contributed by atoms with Gasteiger partial charge in [-0.05, 0) is 80.1 Å². The van der Waals surface area contributed by atoms with E-state index in [1.165, 1.54) is 5.56 Å². The summed E-state index contributed by atoms with van der Waals surface area (Å²) < 4.78 is 0. The molecule has 2 amide bonds. The smallest absolute Gasteiger partial charge is 0.255 e. The normalized spacial score (nSPS) is 15.0. The highest BCUT2D eigenvalue weighted by Gasteiger charge is 2.21. The molecule has 1 N–H and O–H groups in total. The minimum atomic E-state index is -0.168. The minimum Gasteiger partial charge on any atom is -0.339 e. The van der Waals surface area contributed by atoms with Gasteiger partial charge in [-0.1, -0.05) is 13.0 Å². The standard InChI is InChI=1S/C22H26N2O2/c1-15-10-12-24(13-11-15)22(26)19-7-5-18(6-8-19)21(25)23-20-9-4-16(2)17(3)14-20/h4-9,14-15H,10-13H2,1-3H3,(H,23,25). The van der Waals surface area contributed by atoms with E-state index < -0.39 is 0 Å². The van der Waals surface area contributed by atoms with Crippen molar-refractivity contribution in [3.63, 3.8) is 0 Å². The Bertz CT molecular complexity index is 803. The molecule has 0 radical (unpaired) electrons. The lowest BCUT2D eigenvalue weighted by atomic mass is 9.98. The van der Waals surface area contributed by atoms with Crippen LogP contribution in [0.25, 0.3) is 0 Å². The quantitative estimate of drug-likeness (QED) is 0.890. The predicted octanol–water partition coefficient (Wildman–Crippen LogP) is 4.43. The molecule has 0 aliphatic carbocycles. The van der Waals surface area contributed by atoms with Gasteiger partial charge < -0.3 is 10.2 Å². The molecular weight excluding hydrogens is 324 g/mol. The van der Waals surface area contributed by atoms with Crippen molar-refractivity contribution in [3.8, 4) is 0 Å². The highest BCUT2D eigenvalue weighted by Crippen LogP contribution is 2.19. The Morgan fingerprint density at radius 1 is 0.923 bits per heavy atom. The van der Waals surface area contributed by atoms with Gasteiger partial charge in [0.05, 0.1) is 0 Å². The number of rotatable bonds is 3. The second kappa shape index (κ2) is 7.73. The Balaban J connectivity index is 1.65. The molecule has 1 fully saturated rings. The molecular formula is C22H26N2O2. The second-order valence-electron chi connectivity index (χ2n) is 7.31. The number of likely N-dealkylation sites (tertiary alicyclic amines) is 1. The maximum atomic E-state index is 12.6. The lowest BCUT2D eigenvalue weighted by molar-refractivity contribution is 0.0697. The third-order valence-electron chi connectivity index (χ3n) is 5.23. The zero-order valence-corrected chi connectivity index (χ0v) is 15.7. The Hall–Kier alpha value is -2.62. The van der Waals surface area contributed by atoms with Crippen molar-refractivity contribution in [2.45, 2.75) is 33.6 Å². The largest absolute Gasteiger partial charge is 0.339 e. The van der Waals surface area contributed by atoms with Crippen LogP contribution >= 0.6 is 0 Å². The fraction of sp³-hybridized carbons (Fsp3) is 0.364. The Labute approximate surface area is 155 Å². The highest BCUT2D eigenvalue weighted by molar-refractivity contribution is 6.05. The van der Waals surface area contributed by atoms with Crippen LogP contribution in [0.5, 0.6) is 0 Å². The van der Waals surface area contributed by atoms with Crippen molar-refractivity contribution in [3.05, 3.63) is 64.7 Å². The van der Waals surface area contributed by atoms with Crippen LogP contribution in [-0.2, 0) is 0 Å². The van der Waals surface area contributed by atoms with E-state index in [-0.39, 0.29) is 11.8 Å². The third-order valence-corrected chi connectivity index (χ3v) is 5.23. The fourth-order valence-electron chi connectivity index (χ4n) is 3.18. The maximum absolute atomic E-state index is 12.6. The van der Waals surface area contributed by atoms with Crippen LogP contribution in [0.2, 0.25) is 0 Å². The number of aryl methyl sites for hydroxylation is 2. The van der Waals surface area contributed by atoms with E-state index in [0.29, 0.717) is 17.0 Å². The van der Waals surface area contributed by atoms with E-state index in [1.54, 1.807) is 24.3 Å². The molecule has 2 aromatic rings. The summed E-state index contributed by atoms with van der Waals surface area (Å²) >= 11 is 0. The van der Waals surface area contributed by atoms with Crippen LogP contribution in [0.3, 0.4) is 0 Å². The topological polar surface area (TPSA) is 49.4 Å². The zero-order chi connectivity index (χ0) is 18.7. The molecule has 2 aromatic carbocycles. The summed E-state index contributed by atoms with van der Waals surface area (Å²) in [6, 6.07) is 12.8. The SMILES string of the molecule is Cc1ccc(NC(=O)c2ccc(C(=O)N3CCC(C)CC3)cc2)cc1C. The molecule has 0 bridgehead atoms. The number of anilines is 1. The van der Waals surface area contributed by atoms with Crippen molar-refractivity contribution in [1.29, 1.82) is 0 Å². The second-order valence-corrected chi connectivity index (χ2v) is 7.31. The molecule has 0 unspecified atom stereocenters. The summed E-state index contributed by atoms with van der Waals surface area (Å²) in [5.74, 6) is 0.576. The molecule has 4 heteroatoms. The average Bonchev–Trinajstić information content (AvgIpc) is 2.65. The summed E-state index contributed by atoms with van der Waals surface area (Å²) in [5, 5.41) is 2.91. The van der Waals surface area contributed by atoms with Crippen molar-refractivity contribution >= 4 is 17.5 Å². The van der Waals surface area contributed by atoms with Gasteiger partial charge >= 0.3 is 0 Å². The number of benzene rings is 2. The number of nitrogens with one attached hydrogen (secondary N) is 1. The number of piperidine rings is 1. The minimum absolute atomic E-state index is 0.0537. The Morgan fingerprint density at radius 3 is 2.15 bits per heavy atom. The van der Waals surface area contributed by atoms with E-state index in [9.17, 15) is 9.59 Å². The zero-order valence-electron chi connectivity index (χ0n) is 15.7. The number of amides is 2. The lowest BCUT2D eigenvalue weighted by Gasteiger charge is -2.30. The number of carbonyl (C=O) groups excluding carboxylic acids is 2. The first-order chi connectivity index (χ1) is 12.4. The monoisotopic (exact) mass is 350 g/mol. The first-order valence-electron chi connectivity index (χ1n) is 9.22. The van der Waals surface area contributed by atoms with Gasteiger partial charge in [0.15, 0.2) is 0 Å². The summed E-state index contributed by atoms with van der Waals surface area (Å²) in [6.07, 6.45) is 2.12. The molecule has 1 heterocycles. The van der Waals surface area contributed by atoms with Gasteiger partial charge in [-0.25, -0.2) is 0 Å². The van der Waals surface area contributed by atoms with Gasteiger partial charge in [0, 0.05) is 29.9 Å². The van der Waals surface area contributed by atoms with Crippen LogP contribution in [0.15, 0.2) is 42.5 Å². The van der Waals surface area contributed by atoms with Gasteiger partial charge in [-0.15, -0.1) is 0 Å². The van der Waals surface area contributed by atoms with E-state index in [0.717, 1.165) is 37.2 Å². The number of carbonyl (C=O) groups is 2. The Morgan fingerprint density at radius 2 is 1.54 bits per heavy atom. The first kappa shape index (κ1) is 18.2. The molecule has 3 rings (SSSR count). The van der Waals surface area contributed by atoms with E-state index >= 15 is 0 Å². The van der Waals surface area contributed by atoms with Crippen molar-refractivity contribution in [1.82, 2.24) is 4.90 Å². The molecule has 0 spiro atoms. The number of hydrogen-bond donors (Lipinski definition) is 1. The number of nitrogens with zero attached hydrogens (tertiary/aromatic N) is 1. The van der Waals surface area contributed by atoms with Crippen LogP contribution in [0, 0.1) is 19.8 Å². The van der Waals surface area contributed by atoms with Gasteiger partial charge in [0.25, 0.3) is 11.8 Å². The van der Waals surface area contributed by atoms with Crippen LogP contribution < -0.4 is 5.32 Å². The van der Waals surface area contributed by atoms with Gasteiger partial charge in [0.2, 0.25) is 0 Å². The van der Waals surface area contributed by atoms with Crippen molar-refractivity contribution in [2.75, 3.05) is 18.4 Å². The molecule has 26 heavy (non-hydrogen) atoms. The van der Waals surface area contributed by atoms with Crippen LogP contribution in [-0.4, -0.2) is 29.8 Å². The summed E-state index contributed by atoms with van der Waals surface area (Å²) in [4.78, 5) is 26.9. The summed E-state index contributed by atoms with van der Waals surface area (Å²) in [7, 11) is 0. The van der Waals surface area contributed by atoms with Crippen molar-refractivity contribution in [2.24, 2.45) is 5.92 Å². The molecule has 1 saturated heterocycles. The molecule has 1 aliphatic heterocycles. The van der Waals surface area contributed by atoms with Crippen LogP contribution in [0.4, 0.5) is 5.69 Å². The van der Waals surface area contributed by atoms with Crippen molar-refractivity contribution < 1.29 is 9.59 Å². The van der Waals surface area contributed by atoms with E-state index in [2.05, 4.69) is 12.2 Å². The Kier molecular flexibility index (Phi) is 5.40. The summed E-state index contributed by atoms with van der Waals surface area (Å²) in [6.45, 7) is 7.92. The van der Waals surface area contributed by atoms with Gasteiger partial charge in [-0.2, -0.15) is 0 Å². The van der Waals surface area contributed by atoms with E-state index in [1.807, 2.05) is 36.9 Å². The lowest BCUT2D eigenvalue weighted by Crippen LogP contribution is -2.37. The van der Waals surface area contributed by atoms with Gasteiger partial charge in [0.1, 0.15) is 0 Å². The van der Waals surface area contributed by atoms with Crippen LogP contribution in [0.1, 0.15) is 51.6 Å². The molecule has 0 atom stereocenters. The molecule has 136 valence electrons. The number of hydrogen-bond acceptors (Lipinski definition) is 2. The highest BCUT2D eigenvalue weighted by atomic mass is 16.2. The molecule has 0 aromatic heterocycles. The third kappa shape index (κ3) is 4.13. The molecule has 0 saturated carbocycles. The molecule has 1 aliphatic rings. The molecule has 4 nitrogen and oxygen atoms in total.